The highest BCUT2D eigenvalue weighted by atomic mass is 79.9. The van der Waals surface area contributed by atoms with Gasteiger partial charge in [-0.3, -0.25) is 0 Å². The van der Waals surface area contributed by atoms with E-state index in [-0.39, 0.29) is 5.02 Å². The Hall–Kier alpha value is -0.410. The predicted octanol–water partition coefficient (Wildman–Crippen LogP) is 6.20. The third-order valence-corrected chi connectivity index (χ3v) is 4.23. The van der Waals surface area contributed by atoms with Gasteiger partial charge in [-0.05, 0) is 34.1 Å². The minimum absolute atomic E-state index is 0.272. The van der Waals surface area contributed by atoms with Crippen LogP contribution in [-0.4, -0.2) is 0 Å². The van der Waals surface area contributed by atoms with Crippen LogP contribution in [0.5, 0.6) is 11.5 Å². The van der Waals surface area contributed by atoms with Crippen LogP contribution >= 0.6 is 50.7 Å². The van der Waals surface area contributed by atoms with Crippen LogP contribution in [-0.2, 0) is 0 Å². The first-order valence-electron chi connectivity index (χ1n) is 4.65. The molecule has 0 amide bonds. The maximum atomic E-state index is 6.06. The van der Waals surface area contributed by atoms with E-state index in [4.69, 9.17) is 39.5 Å². The zero-order valence-electron chi connectivity index (χ0n) is 8.38. The Kier molecular flexibility index (Phi) is 4.21. The number of rotatable bonds is 2. The van der Waals surface area contributed by atoms with Crippen molar-refractivity contribution in [2.24, 2.45) is 0 Å². The molecule has 0 aliphatic heterocycles. The zero-order chi connectivity index (χ0) is 12.4. The number of benzene rings is 2. The first kappa shape index (κ1) is 13.0. The molecule has 17 heavy (non-hydrogen) atoms. The molecule has 1 nitrogen and oxygen atoms in total. The smallest absolute Gasteiger partial charge is 0.148 e. The molecule has 0 aromatic heterocycles. The van der Waals surface area contributed by atoms with Crippen molar-refractivity contribution in [1.82, 2.24) is 0 Å². The van der Waals surface area contributed by atoms with Crippen LogP contribution in [0, 0.1) is 0 Å². The van der Waals surface area contributed by atoms with Gasteiger partial charge in [0.1, 0.15) is 16.5 Å². The fourth-order valence-electron chi connectivity index (χ4n) is 1.24. The molecule has 0 saturated carbocycles. The predicted molar refractivity (Wildman–Crippen MR) is 75.7 cm³/mol. The highest BCUT2D eigenvalue weighted by molar-refractivity contribution is 9.10. The monoisotopic (exact) mass is 350 g/mol. The number of hydrogen-bond donors (Lipinski definition) is 0. The third kappa shape index (κ3) is 2.89. The molecule has 0 fully saturated rings. The number of ether oxygens (including phenoxy) is 1. The Morgan fingerprint density at radius 3 is 2.18 bits per heavy atom. The molecule has 0 radical (unpaired) electrons. The van der Waals surface area contributed by atoms with Gasteiger partial charge < -0.3 is 4.74 Å². The first-order valence-corrected chi connectivity index (χ1v) is 6.58. The summed E-state index contributed by atoms with van der Waals surface area (Å²) in [6, 6.07) is 11.0. The number of halogens is 4. The maximum Gasteiger partial charge on any atom is 0.148 e. The lowest BCUT2D eigenvalue weighted by atomic mass is 10.3. The minimum Gasteiger partial charge on any atom is -0.456 e. The second-order valence-corrected chi connectivity index (χ2v) is 5.20. The summed E-state index contributed by atoms with van der Waals surface area (Å²) in [4.78, 5) is 0. The van der Waals surface area contributed by atoms with E-state index < -0.39 is 0 Å². The molecule has 2 rings (SSSR count). The third-order valence-electron chi connectivity index (χ3n) is 2.04. The van der Waals surface area contributed by atoms with E-state index in [9.17, 15) is 0 Å². The van der Waals surface area contributed by atoms with E-state index >= 15 is 0 Å². The lowest BCUT2D eigenvalue weighted by Gasteiger charge is -2.10. The molecular formula is C12H6BrCl3O. The van der Waals surface area contributed by atoms with E-state index in [1.54, 1.807) is 6.07 Å². The largest absolute Gasteiger partial charge is 0.456 e. The van der Waals surface area contributed by atoms with Crippen LogP contribution in [0.1, 0.15) is 0 Å². The van der Waals surface area contributed by atoms with Gasteiger partial charge in [0, 0.05) is 4.47 Å². The molecule has 0 heterocycles. The molecule has 0 aliphatic rings. The van der Waals surface area contributed by atoms with Crippen molar-refractivity contribution < 1.29 is 4.74 Å². The van der Waals surface area contributed by atoms with Crippen molar-refractivity contribution in [2.45, 2.75) is 0 Å². The number of hydrogen-bond acceptors (Lipinski definition) is 1. The van der Waals surface area contributed by atoms with Crippen molar-refractivity contribution in [1.29, 1.82) is 0 Å². The molecule has 88 valence electrons. The van der Waals surface area contributed by atoms with Crippen LogP contribution in [0.25, 0.3) is 0 Å². The molecule has 0 bridgehead atoms. The van der Waals surface area contributed by atoms with Crippen LogP contribution in [0.15, 0.2) is 40.9 Å². The van der Waals surface area contributed by atoms with Crippen LogP contribution < -0.4 is 4.74 Å². The molecule has 0 spiro atoms. The van der Waals surface area contributed by atoms with Crippen molar-refractivity contribution in [3.05, 3.63) is 55.9 Å². The standard InChI is InChI=1S/C12H6BrCl3O/c13-8-6-9(11(15)12(16)10(8)14)17-7-4-2-1-3-5-7/h1-6H. The lowest BCUT2D eigenvalue weighted by molar-refractivity contribution is 0.482. The molecule has 2 aromatic carbocycles. The van der Waals surface area contributed by atoms with Gasteiger partial charge in [0.2, 0.25) is 0 Å². The van der Waals surface area contributed by atoms with Crippen molar-refractivity contribution in [3.63, 3.8) is 0 Å². The average Bonchev–Trinajstić information content (AvgIpc) is 2.35. The van der Waals surface area contributed by atoms with E-state index in [0.717, 1.165) is 0 Å². The topological polar surface area (TPSA) is 9.23 Å². The Morgan fingerprint density at radius 2 is 1.53 bits per heavy atom. The van der Waals surface area contributed by atoms with Crippen LogP contribution in [0.3, 0.4) is 0 Å². The Bertz CT molecular complexity index is 543. The highest BCUT2D eigenvalue weighted by Gasteiger charge is 2.14. The lowest BCUT2D eigenvalue weighted by Crippen LogP contribution is -1.87. The summed E-state index contributed by atoms with van der Waals surface area (Å²) in [6.45, 7) is 0. The summed E-state index contributed by atoms with van der Waals surface area (Å²) >= 11 is 21.3. The minimum atomic E-state index is 0.272. The van der Waals surface area contributed by atoms with Gasteiger partial charge in [0.05, 0.1) is 10.0 Å². The summed E-state index contributed by atoms with van der Waals surface area (Å²) in [5.74, 6) is 1.14. The quantitative estimate of drug-likeness (QED) is 0.462. The van der Waals surface area contributed by atoms with Crippen LogP contribution in [0.2, 0.25) is 15.1 Å². The molecule has 0 atom stereocenters. The van der Waals surface area contributed by atoms with Crippen LogP contribution in [0.4, 0.5) is 0 Å². The Labute approximate surface area is 122 Å². The summed E-state index contributed by atoms with van der Waals surface area (Å²) in [7, 11) is 0. The zero-order valence-corrected chi connectivity index (χ0v) is 12.2. The molecule has 0 aliphatic carbocycles. The van der Waals surface area contributed by atoms with Gasteiger partial charge in [0.15, 0.2) is 0 Å². The SMILES string of the molecule is Clc1c(Br)cc(Oc2ccccc2)c(Cl)c1Cl. The van der Waals surface area contributed by atoms with Gasteiger partial charge in [-0.15, -0.1) is 0 Å². The fourth-order valence-corrected chi connectivity index (χ4v) is 2.34. The van der Waals surface area contributed by atoms with Gasteiger partial charge >= 0.3 is 0 Å². The molecule has 0 N–H and O–H groups in total. The molecule has 0 saturated heterocycles. The summed E-state index contributed by atoms with van der Waals surface area (Å²) < 4.78 is 6.26. The molecule has 5 heteroatoms. The Morgan fingerprint density at radius 1 is 0.882 bits per heavy atom. The van der Waals surface area contributed by atoms with Crippen molar-refractivity contribution in [3.8, 4) is 11.5 Å². The van der Waals surface area contributed by atoms with Crippen molar-refractivity contribution >= 4 is 50.7 Å². The van der Waals surface area contributed by atoms with E-state index in [2.05, 4.69) is 15.9 Å². The van der Waals surface area contributed by atoms with Gasteiger partial charge in [-0.25, -0.2) is 0 Å². The fraction of sp³-hybridized carbons (Fsp3) is 0. The highest BCUT2D eigenvalue weighted by Crippen LogP contribution is 2.43. The normalized spacial score (nSPS) is 10.4. The van der Waals surface area contributed by atoms with E-state index in [1.807, 2.05) is 30.3 Å². The second-order valence-electron chi connectivity index (χ2n) is 3.21. The second kappa shape index (κ2) is 5.49. The Balaban J connectivity index is 2.41. The first-order chi connectivity index (χ1) is 8.09. The van der Waals surface area contributed by atoms with Gasteiger partial charge in [-0.2, -0.15) is 0 Å². The summed E-state index contributed by atoms with van der Waals surface area (Å²) in [6.07, 6.45) is 0. The van der Waals surface area contributed by atoms with E-state index in [0.29, 0.717) is 26.0 Å². The summed E-state index contributed by atoms with van der Waals surface area (Å²) in [5.41, 5.74) is 0. The van der Waals surface area contributed by atoms with Gasteiger partial charge in [0.25, 0.3) is 0 Å². The number of para-hydroxylation sites is 1. The van der Waals surface area contributed by atoms with E-state index in [1.165, 1.54) is 0 Å². The molecule has 2 aromatic rings. The average molecular weight is 352 g/mol. The molecule has 0 unspecified atom stereocenters. The van der Waals surface area contributed by atoms with Gasteiger partial charge in [-0.1, -0.05) is 53.0 Å². The maximum absolute atomic E-state index is 6.06. The van der Waals surface area contributed by atoms with Crippen molar-refractivity contribution in [2.75, 3.05) is 0 Å². The summed E-state index contributed by atoms with van der Waals surface area (Å²) in [5, 5.41) is 0.939. The molecular weight excluding hydrogens is 346 g/mol.